The quantitative estimate of drug-likeness (QED) is 0.375. The molecule has 9 heavy (non-hydrogen) atoms. The van der Waals surface area contributed by atoms with Crippen molar-refractivity contribution in [2.75, 3.05) is 0 Å². The molecule has 1 unspecified atom stereocenters. The lowest BCUT2D eigenvalue weighted by molar-refractivity contribution is -0.124. The third kappa shape index (κ3) is 1.07. The minimum absolute atomic E-state index is 0.477. The van der Waals surface area contributed by atoms with Gasteiger partial charge in [0.2, 0.25) is 0 Å². The van der Waals surface area contributed by atoms with Crippen molar-refractivity contribution in [3.63, 3.8) is 0 Å². The molecule has 0 spiro atoms. The van der Waals surface area contributed by atoms with Crippen LogP contribution in [0.2, 0.25) is 0 Å². The molecule has 0 aromatic heterocycles. The SMILES string of the molecule is C[C@@H]1OC(O)[C@@H](O)[C@H]1O. The molecule has 1 rings (SSSR count). The van der Waals surface area contributed by atoms with Crippen LogP contribution in [-0.2, 0) is 4.74 Å². The van der Waals surface area contributed by atoms with Crippen LogP contribution < -0.4 is 0 Å². The van der Waals surface area contributed by atoms with E-state index in [1.165, 1.54) is 0 Å². The lowest BCUT2D eigenvalue weighted by atomic mass is 10.2. The highest BCUT2D eigenvalue weighted by Gasteiger charge is 2.38. The van der Waals surface area contributed by atoms with E-state index in [1.54, 1.807) is 6.92 Å². The van der Waals surface area contributed by atoms with E-state index in [0.717, 1.165) is 0 Å². The van der Waals surface area contributed by atoms with Crippen molar-refractivity contribution in [2.45, 2.75) is 31.5 Å². The molecule has 1 aliphatic heterocycles. The van der Waals surface area contributed by atoms with E-state index in [4.69, 9.17) is 15.3 Å². The normalized spacial score (nSPS) is 52.0. The van der Waals surface area contributed by atoms with Crippen LogP contribution in [-0.4, -0.2) is 39.9 Å². The Balaban J connectivity index is 2.54. The number of ether oxygens (including phenoxy) is 1. The Bertz CT molecular complexity index is 93.1. The predicted octanol–water partition coefficient (Wildman–Crippen LogP) is -1.55. The fraction of sp³-hybridized carbons (Fsp3) is 1.00. The van der Waals surface area contributed by atoms with Crippen LogP contribution in [0.25, 0.3) is 0 Å². The zero-order valence-corrected chi connectivity index (χ0v) is 5.06. The highest BCUT2D eigenvalue weighted by atomic mass is 16.6. The predicted molar refractivity (Wildman–Crippen MR) is 28.6 cm³/mol. The average molecular weight is 134 g/mol. The first-order chi connectivity index (χ1) is 4.13. The maximum absolute atomic E-state index is 8.90. The molecule has 0 aromatic rings. The summed E-state index contributed by atoms with van der Waals surface area (Å²) < 4.78 is 4.64. The molecule has 4 atom stereocenters. The molecular weight excluding hydrogens is 124 g/mol. The largest absolute Gasteiger partial charge is 0.388 e. The summed E-state index contributed by atoms with van der Waals surface area (Å²) in [5, 5.41) is 26.4. The van der Waals surface area contributed by atoms with Crippen molar-refractivity contribution in [3.8, 4) is 0 Å². The summed E-state index contributed by atoms with van der Waals surface area (Å²) in [6.45, 7) is 1.59. The molecule has 1 aliphatic rings. The van der Waals surface area contributed by atoms with E-state index >= 15 is 0 Å². The standard InChI is InChI=1S/C5H10O4/c1-2-3(6)4(7)5(8)9-2/h2-8H,1H3/t2-,3-,4-,5?/m0/s1. The Hall–Kier alpha value is -0.160. The van der Waals surface area contributed by atoms with Gasteiger partial charge in [0, 0.05) is 0 Å². The molecule has 3 N–H and O–H groups in total. The van der Waals surface area contributed by atoms with Crippen LogP contribution in [0.15, 0.2) is 0 Å². The number of aliphatic hydroxyl groups excluding tert-OH is 3. The van der Waals surface area contributed by atoms with E-state index in [1.807, 2.05) is 0 Å². The number of hydrogen-bond donors (Lipinski definition) is 3. The second-order valence-corrected chi connectivity index (χ2v) is 2.21. The first kappa shape index (κ1) is 6.95. The summed E-state index contributed by atoms with van der Waals surface area (Å²) >= 11 is 0. The van der Waals surface area contributed by atoms with Gasteiger partial charge in [-0.25, -0.2) is 0 Å². The van der Waals surface area contributed by atoms with Crippen molar-refractivity contribution in [2.24, 2.45) is 0 Å². The van der Waals surface area contributed by atoms with E-state index in [-0.39, 0.29) is 0 Å². The van der Waals surface area contributed by atoms with Crippen LogP contribution in [0.5, 0.6) is 0 Å². The van der Waals surface area contributed by atoms with Crippen molar-refractivity contribution in [3.05, 3.63) is 0 Å². The van der Waals surface area contributed by atoms with Gasteiger partial charge in [-0.1, -0.05) is 0 Å². The van der Waals surface area contributed by atoms with Gasteiger partial charge in [-0.3, -0.25) is 0 Å². The van der Waals surface area contributed by atoms with Gasteiger partial charge >= 0.3 is 0 Å². The first-order valence-corrected chi connectivity index (χ1v) is 2.82. The van der Waals surface area contributed by atoms with Crippen molar-refractivity contribution in [1.29, 1.82) is 0 Å². The monoisotopic (exact) mass is 134 g/mol. The molecule has 0 saturated carbocycles. The average Bonchev–Trinajstić information content (AvgIpc) is 1.98. The summed E-state index contributed by atoms with van der Waals surface area (Å²) in [4.78, 5) is 0. The van der Waals surface area contributed by atoms with Crippen LogP contribution in [0.3, 0.4) is 0 Å². The van der Waals surface area contributed by atoms with E-state index < -0.39 is 24.6 Å². The highest BCUT2D eigenvalue weighted by Crippen LogP contribution is 2.18. The summed E-state index contributed by atoms with van der Waals surface area (Å²) in [7, 11) is 0. The van der Waals surface area contributed by atoms with Crippen molar-refractivity contribution < 1.29 is 20.1 Å². The number of hydrogen-bond acceptors (Lipinski definition) is 4. The van der Waals surface area contributed by atoms with Gasteiger partial charge in [-0.05, 0) is 6.92 Å². The minimum Gasteiger partial charge on any atom is -0.388 e. The number of aliphatic hydroxyl groups is 3. The van der Waals surface area contributed by atoms with E-state index in [0.29, 0.717) is 0 Å². The summed E-state index contributed by atoms with van der Waals surface area (Å²) in [5.74, 6) is 0. The molecule has 1 saturated heterocycles. The summed E-state index contributed by atoms with van der Waals surface area (Å²) in [6.07, 6.45) is -3.81. The number of rotatable bonds is 0. The molecule has 1 fully saturated rings. The summed E-state index contributed by atoms with van der Waals surface area (Å²) in [5.41, 5.74) is 0. The Labute approximate surface area is 52.7 Å². The van der Waals surface area contributed by atoms with Crippen LogP contribution in [0.1, 0.15) is 6.92 Å². The van der Waals surface area contributed by atoms with E-state index in [9.17, 15) is 0 Å². The third-order valence-corrected chi connectivity index (χ3v) is 1.48. The third-order valence-electron chi connectivity index (χ3n) is 1.48. The second kappa shape index (κ2) is 2.22. The zero-order valence-electron chi connectivity index (χ0n) is 5.06. The maximum atomic E-state index is 8.90. The molecule has 0 radical (unpaired) electrons. The molecule has 4 nitrogen and oxygen atoms in total. The lowest BCUT2D eigenvalue weighted by Crippen LogP contribution is -2.31. The van der Waals surface area contributed by atoms with Gasteiger partial charge in [0.1, 0.15) is 12.2 Å². The van der Waals surface area contributed by atoms with Crippen molar-refractivity contribution in [1.82, 2.24) is 0 Å². The Kier molecular flexibility index (Phi) is 1.72. The molecule has 0 amide bonds. The topological polar surface area (TPSA) is 69.9 Å². The second-order valence-electron chi connectivity index (χ2n) is 2.21. The molecule has 0 aromatic carbocycles. The molecule has 1 heterocycles. The molecule has 4 heteroatoms. The van der Waals surface area contributed by atoms with E-state index in [2.05, 4.69) is 4.74 Å². The summed E-state index contributed by atoms with van der Waals surface area (Å²) in [6, 6.07) is 0. The molecule has 54 valence electrons. The van der Waals surface area contributed by atoms with Gasteiger partial charge in [0.15, 0.2) is 6.29 Å². The fourth-order valence-electron chi connectivity index (χ4n) is 0.827. The fourth-order valence-corrected chi connectivity index (χ4v) is 0.827. The minimum atomic E-state index is -1.23. The van der Waals surface area contributed by atoms with Gasteiger partial charge in [0.05, 0.1) is 6.10 Å². The zero-order chi connectivity index (χ0) is 7.02. The van der Waals surface area contributed by atoms with Crippen molar-refractivity contribution >= 4 is 0 Å². The first-order valence-electron chi connectivity index (χ1n) is 2.82. The lowest BCUT2D eigenvalue weighted by Gasteiger charge is -2.07. The smallest absolute Gasteiger partial charge is 0.183 e. The molecular formula is C5H10O4. The van der Waals surface area contributed by atoms with Gasteiger partial charge < -0.3 is 20.1 Å². The van der Waals surface area contributed by atoms with Gasteiger partial charge in [-0.15, -0.1) is 0 Å². The highest BCUT2D eigenvalue weighted by molar-refractivity contribution is 4.82. The Morgan fingerprint density at radius 3 is 1.78 bits per heavy atom. The molecule has 0 bridgehead atoms. The van der Waals surface area contributed by atoms with Gasteiger partial charge in [0.25, 0.3) is 0 Å². The maximum Gasteiger partial charge on any atom is 0.183 e. The Morgan fingerprint density at radius 2 is 1.67 bits per heavy atom. The Morgan fingerprint density at radius 1 is 1.11 bits per heavy atom. The van der Waals surface area contributed by atoms with Crippen LogP contribution >= 0.6 is 0 Å². The van der Waals surface area contributed by atoms with Gasteiger partial charge in [-0.2, -0.15) is 0 Å². The van der Waals surface area contributed by atoms with Crippen LogP contribution in [0.4, 0.5) is 0 Å². The van der Waals surface area contributed by atoms with Crippen LogP contribution in [0, 0.1) is 0 Å². The molecule has 0 aliphatic carbocycles.